The highest BCUT2D eigenvalue weighted by atomic mass is 19.2. The van der Waals surface area contributed by atoms with Crippen molar-refractivity contribution in [3.8, 4) is 5.75 Å². The standard InChI is InChI=1S/C31H47F5O13/c1-2-3-24(37)48-23-22-47-21-20-46-19-18-45-17-16-44-15-14-43-13-12-42-11-10-41-9-8-40-7-6-39-5-4-25(38)49-31-29(35)27(33)26(32)28(34)30(31)36/h2-23H2,1H3. The van der Waals surface area contributed by atoms with Gasteiger partial charge in [0.15, 0.2) is 0 Å². The lowest BCUT2D eigenvalue weighted by molar-refractivity contribution is -0.145. The van der Waals surface area contributed by atoms with Gasteiger partial charge in [0.25, 0.3) is 0 Å². The average Bonchev–Trinajstić information content (AvgIpc) is 3.09. The fraction of sp³-hybridized carbons (Fsp3) is 0.742. The molecule has 0 aliphatic rings. The monoisotopic (exact) mass is 722 g/mol. The Bertz CT molecular complexity index is 994. The van der Waals surface area contributed by atoms with E-state index in [2.05, 4.69) is 4.74 Å². The first-order chi connectivity index (χ1) is 23.8. The second-order valence-corrected chi connectivity index (χ2v) is 9.60. The molecular weight excluding hydrogens is 675 g/mol. The van der Waals surface area contributed by atoms with E-state index in [1.54, 1.807) is 0 Å². The Balaban J connectivity index is 1.76. The molecule has 13 nitrogen and oxygen atoms in total. The van der Waals surface area contributed by atoms with Crippen molar-refractivity contribution in [1.29, 1.82) is 0 Å². The lowest BCUT2D eigenvalue weighted by atomic mass is 10.2. The van der Waals surface area contributed by atoms with E-state index in [4.69, 9.17) is 47.4 Å². The van der Waals surface area contributed by atoms with E-state index in [1.807, 2.05) is 6.92 Å². The number of hydrogen-bond acceptors (Lipinski definition) is 13. The van der Waals surface area contributed by atoms with Crippen LogP contribution in [0.5, 0.6) is 5.75 Å². The third-order valence-electron chi connectivity index (χ3n) is 5.76. The van der Waals surface area contributed by atoms with Gasteiger partial charge in [0.2, 0.25) is 34.8 Å². The van der Waals surface area contributed by atoms with Crippen molar-refractivity contribution < 1.29 is 83.6 Å². The van der Waals surface area contributed by atoms with Crippen LogP contribution in [-0.2, 0) is 57.0 Å². The van der Waals surface area contributed by atoms with Crippen LogP contribution in [0.3, 0.4) is 0 Å². The second kappa shape index (κ2) is 30.3. The summed E-state index contributed by atoms with van der Waals surface area (Å²) in [4.78, 5) is 22.8. The van der Waals surface area contributed by atoms with Crippen LogP contribution in [0.15, 0.2) is 0 Å². The summed E-state index contributed by atoms with van der Waals surface area (Å²) in [6.07, 6.45) is 0.689. The highest BCUT2D eigenvalue weighted by molar-refractivity contribution is 5.72. The number of benzene rings is 1. The maximum absolute atomic E-state index is 13.5. The van der Waals surface area contributed by atoms with Crippen LogP contribution in [0.25, 0.3) is 0 Å². The Morgan fingerprint density at radius 1 is 0.388 bits per heavy atom. The van der Waals surface area contributed by atoms with Crippen molar-refractivity contribution in [3.05, 3.63) is 29.1 Å². The predicted octanol–water partition coefficient (Wildman–Crippen LogP) is 3.17. The van der Waals surface area contributed by atoms with E-state index in [0.717, 1.165) is 6.42 Å². The maximum Gasteiger partial charge on any atom is 0.313 e. The SMILES string of the molecule is CCCC(=O)OCCOCCOCCOCCOCCOCCOCCOCCOCCOCCC(=O)Oc1c(F)c(F)c(F)c(F)c1F. The van der Waals surface area contributed by atoms with Crippen LogP contribution >= 0.6 is 0 Å². The van der Waals surface area contributed by atoms with Gasteiger partial charge >= 0.3 is 11.9 Å². The maximum atomic E-state index is 13.5. The smallest absolute Gasteiger partial charge is 0.313 e. The van der Waals surface area contributed by atoms with Gasteiger partial charge in [0.1, 0.15) is 6.61 Å². The number of ether oxygens (including phenoxy) is 11. The van der Waals surface area contributed by atoms with Gasteiger partial charge < -0.3 is 52.1 Å². The van der Waals surface area contributed by atoms with Crippen LogP contribution < -0.4 is 4.74 Å². The topological polar surface area (TPSA) is 136 Å². The number of esters is 2. The van der Waals surface area contributed by atoms with Gasteiger partial charge in [-0.1, -0.05) is 6.92 Å². The predicted molar refractivity (Wildman–Crippen MR) is 160 cm³/mol. The van der Waals surface area contributed by atoms with Crippen molar-refractivity contribution in [3.63, 3.8) is 0 Å². The zero-order valence-corrected chi connectivity index (χ0v) is 27.8. The van der Waals surface area contributed by atoms with Gasteiger partial charge in [-0.25, -0.2) is 13.2 Å². The van der Waals surface area contributed by atoms with Crippen LogP contribution in [0.1, 0.15) is 26.2 Å². The van der Waals surface area contributed by atoms with E-state index in [-0.39, 0.29) is 39.0 Å². The molecule has 18 heteroatoms. The third-order valence-corrected chi connectivity index (χ3v) is 5.76. The van der Waals surface area contributed by atoms with E-state index in [1.165, 1.54) is 0 Å². The van der Waals surface area contributed by atoms with Gasteiger partial charge in [-0.3, -0.25) is 9.59 Å². The Labute approximate surface area is 282 Å². The number of halogens is 5. The minimum Gasteiger partial charge on any atom is -0.463 e. The highest BCUT2D eigenvalue weighted by Gasteiger charge is 2.28. The summed E-state index contributed by atoms with van der Waals surface area (Å²) in [6, 6.07) is 0. The minimum absolute atomic E-state index is 0.0770. The van der Waals surface area contributed by atoms with Crippen LogP contribution in [0, 0.1) is 29.1 Å². The molecule has 0 unspecified atom stereocenters. The van der Waals surface area contributed by atoms with Gasteiger partial charge in [-0.2, -0.15) is 8.78 Å². The molecule has 0 fully saturated rings. The van der Waals surface area contributed by atoms with Gasteiger partial charge in [-0.15, -0.1) is 0 Å². The van der Waals surface area contributed by atoms with Gasteiger partial charge in [-0.05, 0) is 6.42 Å². The molecule has 0 atom stereocenters. The lowest BCUT2D eigenvalue weighted by Crippen LogP contribution is -2.16. The minimum atomic E-state index is -2.35. The van der Waals surface area contributed by atoms with Gasteiger partial charge in [0, 0.05) is 6.42 Å². The van der Waals surface area contributed by atoms with Crippen molar-refractivity contribution in [2.45, 2.75) is 26.2 Å². The van der Waals surface area contributed by atoms with Crippen molar-refractivity contribution in [1.82, 2.24) is 0 Å². The second-order valence-electron chi connectivity index (χ2n) is 9.60. The summed E-state index contributed by atoms with van der Waals surface area (Å²) in [5.74, 6) is -14.4. The summed E-state index contributed by atoms with van der Waals surface area (Å²) >= 11 is 0. The van der Waals surface area contributed by atoms with Crippen LogP contribution in [-0.4, -0.2) is 137 Å². The molecule has 284 valence electrons. The Morgan fingerprint density at radius 2 is 0.673 bits per heavy atom. The first-order valence-corrected chi connectivity index (χ1v) is 15.9. The average molecular weight is 723 g/mol. The molecule has 0 heterocycles. The molecule has 0 aliphatic carbocycles. The van der Waals surface area contributed by atoms with Crippen LogP contribution in [0.2, 0.25) is 0 Å². The fourth-order valence-corrected chi connectivity index (χ4v) is 3.35. The summed E-state index contributed by atoms with van der Waals surface area (Å²) < 4.78 is 124. The summed E-state index contributed by atoms with van der Waals surface area (Å²) in [5, 5.41) is 0. The van der Waals surface area contributed by atoms with E-state index in [0.29, 0.717) is 98.9 Å². The quantitative estimate of drug-likeness (QED) is 0.0263. The first-order valence-electron chi connectivity index (χ1n) is 15.9. The van der Waals surface area contributed by atoms with Crippen LogP contribution in [0.4, 0.5) is 22.0 Å². The molecule has 0 saturated heterocycles. The summed E-state index contributed by atoms with van der Waals surface area (Å²) in [6.45, 7) is 8.05. The van der Waals surface area contributed by atoms with Crippen molar-refractivity contribution in [2.75, 3.05) is 126 Å². The molecule has 0 spiro atoms. The van der Waals surface area contributed by atoms with Gasteiger partial charge in [0.05, 0.1) is 125 Å². The molecular formula is C31H47F5O13. The van der Waals surface area contributed by atoms with E-state index < -0.39 is 47.2 Å². The molecule has 0 N–H and O–H groups in total. The van der Waals surface area contributed by atoms with E-state index in [9.17, 15) is 31.5 Å². The molecule has 1 rings (SSSR count). The number of rotatable bonds is 33. The number of carbonyl (C=O) groups is 2. The normalized spacial score (nSPS) is 11.3. The van der Waals surface area contributed by atoms with E-state index >= 15 is 0 Å². The molecule has 1 aromatic rings. The van der Waals surface area contributed by atoms with Crippen molar-refractivity contribution in [2.24, 2.45) is 0 Å². The Hall–Kier alpha value is -2.55. The molecule has 0 saturated carbocycles. The largest absolute Gasteiger partial charge is 0.463 e. The molecule has 0 radical (unpaired) electrons. The zero-order chi connectivity index (χ0) is 36.0. The molecule has 49 heavy (non-hydrogen) atoms. The third kappa shape index (κ3) is 22.7. The summed E-state index contributed by atoms with van der Waals surface area (Å²) in [7, 11) is 0. The zero-order valence-electron chi connectivity index (χ0n) is 27.8. The first kappa shape index (κ1) is 44.5. The summed E-state index contributed by atoms with van der Waals surface area (Å²) in [5.41, 5.74) is 0. The molecule has 0 amide bonds. The molecule has 0 aliphatic heterocycles. The fourth-order valence-electron chi connectivity index (χ4n) is 3.35. The number of carbonyl (C=O) groups excluding carboxylic acids is 2. The molecule has 1 aromatic carbocycles. The molecule has 0 aromatic heterocycles. The Morgan fingerprint density at radius 3 is 1.00 bits per heavy atom. The Kier molecular flexibility index (Phi) is 27.5. The lowest BCUT2D eigenvalue weighted by Gasteiger charge is -2.09. The molecule has 0 bridgehead atoms. The highest BCUT2D eigenvalue weighted by Crippen LogP contribution is 2.29. The number of hydrogen-bond donors (Lipinski definition) is 0. The van der Waals surface area contributed by atoms with Crippen molar-refractivity contribution >= 4 is 11.9 Å².